The van der Waals surface area contributed by atoms with Gasteiger partial charge in [-0.15, -0.1) is 0 Å². The number of carbonyl (C=O) groups is 2. The average Bonchev–Trinajstić information content (AvgIpc) is 2.36. The minimum atomic E-state index is -0.810. The zero-order valence-corrected chi connectivity index (χ0v) is 12.4. The van der Waals surface area contributed by atoms with Crippen LogP contribution in [-0.2, 0) is 4.79 Å². The largest absolute Gasteiger partial charge is 0.481 e. The maximum atomic E-state index is 11.8. The number of urea groups is 1. The first-order valence-electron chi connectivity index (χ1n) is 7.38. The van der Waals surface area contributed by atoms with Gasteiger partial charge in [-0.25, -0.2) is 4.79 Å². The van der Waals surface area contributed by atoms with Crippen molar-refractivity contribution in [2.75, 3.05) is 6.54 Å². The fourth-order valence-electron chi connectivity index (χ4n) is 2.55. The summed E-state index contributed by atoms with van der Waals surface area (Å²) in [5.41, 5.74) is 0. The SMILES string of the molecule is CC(C)C[C@H](CNC(=O)NC1CC=CCC1)CC(=O)O. The lowest BCUT2D eigenvalue weighted by molar-refractivity contribution is -0.138. The van der Waals surface area contributed by atoms with E-state index in [1.807, 2.05) is 0 Å². The van der Waals surface area contributed by atoms with E-state index >= 15 is 0 Å². The Labute approximate surface area is 120 Å². The Morgan fingerprint density at radius 3 is 2.65 bits per heavy atom. The minimum Gasteiger partial charge on any atom is -0.481 e. The highest BCUT2D eigenvalue weighted by Crippen LogP contribution is 2.15. The van der Waals surface area contributed by atoms with Gasteiger partial charge in [-0.05, 0) is 37.5 Å². The summed E-state index contributed by atoms with van der Waals surface area (Å²) >= 11 is 0. The summed E-state index contributed by atoms with van der Waals surface area (Å²) in [6, 6.07) is 0.00691. The third kappa shape index (κ3) is 7.16. The van der Waals surface area contributed by atoms with Gasteiger partial charge in [0.05, 0.1) is 0 Å². The van der Waals surface area contributed by atoms with Crippen molar-refractivity contribution in [3.8, 4) is 0 Å². The van der Waals surface area contributed by atoms with Gasteiger partial charge in [0, 0.05) is 19.0 Å². The fraction of sp³-hybridized carbons (Fsp3) is 0.733. The van der Waals surface area contributed by atoms with Gasteiger partial charge in [-0.3, -0.25) is 4.79 Å². The van der Waals surface area contributed by atoms with Gasteiger partial charge in [-0.2, -0.15) is 0 Å². The smallest absolute Gasteiger partial charge is 0.315 e. The molecule has 2 amide bonds. The van der Waals surface area contributed by atoms with Crippen LogP contribution in [-0.4, -0.2) is 29.7 Å². The van der Waals surface area contributed by atoms with Crippen molar-refractivity contribution in [1.29, 1.82) is 0 Å². The second kappa shape index (κ2) is 8.61. The molecule has 0 aromatic rings. The molecule has 1 rings (SSSR count). The normalized spacial score (nSPS) is 19.6. The first-order chi connectivity index (χ1) is 9.47. The number of carbonyl (C=O) groups excluding carboxylic acids is 1. The lowest BCUT2D eigenvalue weighted by Gasteiger charge is -2.22. The number of aliphatic carboxylic acids is 1. The van der Waals surface area contributed by atoms with Crippen LogP contribution < -0.4 is 10.6 Å². The molecule has 114 valence electrons. The maximum Gasteiger partial charge on any atom is 0.315 e. The molecule has 0 fully saturated rings. The lowest BCUT2D eigenvalue weighted by Crippen LogP contribution is -2.44. The van der Waals surface area contributed by atoms with Crippen LogP contribution in [0.1, 0.15) is 46.0 Å². The third-order valence-corrected chi connectivity index (χ3v) is 3.42. The van der Waals surface area contributed by atoms with E-state index in [0.717, 1.165) is 25.7 Å². The summed E-state index contributed by atoms with van der Waals surface area (Å²) in [4.78, 5) is 22.6. The summed E-state index contributed by atoms with van der Waals surface area (Å²) in [5, 5.41) is 14.6. The van der Waals surface area contributed by atoms with Crippen molar-refractivity contribution >= 4 is 12.0 Å². The summed E-state index contributed by atoms with van der Waals surface area (Å²) < 4.78 is 0. The Hall–Kier alpha value is -1.52. The van der Waals surface area contributed by atoms with E-state index in [1.54, 1.807) is 0 Å². The van der Waals surface area contributed by atoms with Crippen LogP contribution in [0.25, 0.3) is 0 Å². The van der Waals surface area contributed by atoms with Crippen LogP contribution in [0.3, 0.4) is 0 Å². The molecule has 0 bridgehead atoms. The first-order valence-corrected chi connectivity index (χ1v) is 7.38. The van der Waals surface area contributed by atoms with Crippen molar-refractivity contribution in [3.63, 3.8) is 0 Å². The number of nitrogens with one attached hydrogen (secondary N) is 2. The molecule has 0 radical (unpaired) electrons. The molecular formula is C15H26N2O3. The molecule has 2 atom stereocenters. The van der Waals surface area contributed by atoms with Gasteiger partial charge in [0.1, 0.15) is 0 Å². The summed E-state index contributed by atoms with van der Waals surface area (Å²) in [6.07, 6.45) is 7.96. The van der Waals surface area contributed by atoms with Crippen molar-refractivity contribution < 1.29 is 14.7 Å². The molecule has 3 N–H and O–H groups in total. The molecule has 0 saturated carbocycles. The summed E-state index contributed by atoms with van der Waals surface area (Å²) in [7, 11) is 0. The Bertz CT molecular complexity index is 353. The lowest BCUT2D eigenvalue weighted by atomic mass is 9.94. The highest BCUT2D eigenvalue weighted by molar-refractivity contribution is 5.74. The number of carboxylic acid groups (broad SMARTS) is 1. The highest BCUT2D eigenvalue weighted by Gasteiger charge is 2.17. The molecule has 1 unspecified atom stereocenters. The Morgan fingerprint density at radius 2 is 2.10 bits per heavy atom. The minimum absolute atomic E-state index is 0.00972. The molecule has 5 nitrogen and oxygen atoms in total. The molecule has 0 saturated heterocycles. The number of hydrogen-bond donors (Lipinski definition) is 3. The van der Waals surface area contributed by atoms with E-state index in [4.69, 9.17) is 5.11 Å². The third-order valence-electron chi connectivity index (χ3n) is 3.42. The zero-order valence-electron chi connectivity index (χ0n) is 12.4. The van der Waals surface area contributed by atoms with Crippen LogP contribution in [0, 0.1) is 11.8 Å². The van der Waals surface area contributed by atoms with Crippen LogP contribution in [0.15, 0.2) is 12.2 Å². The van der Waals surface area contributed by atoms with E-state index in [1.165, 1.54) is 0 Å². The van der Waals surface area contributed by atoms with E-state index < -0.39 is 5.97 Å². The Kier molecular flexibility index (Phi) is 7.12. The fourth-order valence-corrected chi connectivity index (χ4v) is 2.55. The van der Waals surface area contributed by atoms with Crippen LogP contribution >= 0.6 is 0 Å². The quantitative estimate of drug-likeness (QED) is 0.628. The van der Waals surface area contributed by atoms with Gasteiger partial charge in [0.2, 0.25) is 0 Å². The Morgan fingerprint density at radius 1 is 1.35 bits per heavy atom. The van der Waals surface area contributed by atoms with Gasteiger partial charge in [-0.1, -0.05) is 26.0 Å². The number of allylic oxidation sites excluding steroid dienone is 1. The van der Waals surface area contributed by atoms with Gasteiger partial charge in [0.25, 0.3) is 0 Å². The summed E-state index contributed by atoms with van der Waals surface area (Å²) in [6.45, 7) is 4.53. The number of carboxylic acids is 1. The number of rotatable bonds is 7. The summed E-state index contributed by atoms with van der Waals surface area (Å²) in [5.74, 6) is -0.396. The molecule has 0 aromatic heterocycles. The number of hydrogen-bond acceptors (Lipinski definition) is 2. The van der Waals surface area contributed by atoms with Gasteiger partial charge < -0.3 is 15.7 Å². The topological polar surface area (TPSA) is 78.4 Å². The molecule has 0 spiro atoms. The molecule has 0 aliphatic heterocycles. The van der Waals surface area contributed by atoms with Gasteiger partial charge >= 0.3 is 12.0 Å². The predicted octanol–water partition coefficient (Wildman–Crippen LogP) is 2.53. The monoisotopic (exact) mass is 282 g/mol. The van der Waals surface area contributed by atoms with E-state index in [2.05, 4.69) is 36.6 Å². The van der Waals surface area contributed by atoms with Gasteiger partial charge in [0.15, 0.2) is 0 Å². The average molecular weight is 282 g/mol. The van der Waals surface area contributed by atoms with Crippen molar-refractivity contribution in [2.45, 2.75) is 52.0 Å². The van der Waals surface area contributed by atoms with Crippen molar-refractivity contribution in [2.24, 2.45) is 11.8 Å². The molecule has 1 aliphatic rings. The highest BCUT2D eigenvalue weighted by atomic mass is 16.4. The zero-order chi connectivity index (χ0) is 15.0. The van der Waals surface area contributed by atoms with Crippen LogP contribution in [0.2, 0.25) is 0 Å². The first kappa shape index (κ1) is 16.5. The predicted molar refractivity (Wildman–Crippen MR) is 78.5 cm³/mol. The molecule has 1 aliphatic carbocycles. The molecule has 0 aromatic carbocycles. The molecule has 20 heavy (non-hydrogen) atoms. The molecular weight excluding hydrogens is 256 g/mol. The van der Waals surface area contributed by atoms with E-state index in [9.17, 15) is 9.59 Å². The van der Waals surface area contributed by atoms with Crippen molar-refractivity contribution in [3.05, 3.63) is 12.2 Å². The van der Waals surface area contributed by atoms with Crippen LogP contribution in [0.5, 0.6) is 0 Å². The molecule has 5 heteroatoms. The second-order valence-corrected chi connectivity index (χ2v) is 5.93. The second-order valence-electron chi connectivity index (χ2n) is 5.93. The standard InChI is InChI=1S/C15H26N2O3/c1-11(2)8-12(9-14(18)19)10-16-15(20)17-13-6-4-3-5-7-13/h3-4,11-13H,5-10H2,1-2H3,(H,18,19)(H2,16,17,20)/t12-,13?/m0/s1. The maximum absolute atomic E-state index is 11.8. The van der Waals surface area contributed by atoms with Crippen molar-refractivity contribution in [1.82, 2.24) is 10.6 Å². The van der Waals surface area contributed by atoms with E-state index in [-0.39, 0.29) is 24.4 Å². The van der Waals surface area contributed by atoms with E-state index in [0.29, 0.717) is 12.5 Å². The molecule has 0 heterocycles. The number of amides is 2. The van der Waals surface area contributed by atoms with Crippen LogP contribution in [0.4, 0.5) is 4.79 Å². The Balaban J connectivity index is 2.31.